The molecule has 0 saturated heterocycles. The lowest BCUT2D eigenvalue weighted by Gasteiger charge is -2.21. The number of aromatic nitrogens is 6. The van der Waals surface area contributed by atoms with Crippen molar-refractivity contribution in [1.82, 2.24) is 40.0 Å². The van der Waals surface area contributed by atoms with Crippen molar-refractivity contribution in [3.8, 4) is 0 Å². The number of carbonyl (C=O) groups excluding carboxylic acids is 3. The van der Waals surface area contributed by atoms with Crippen molar-refractivity contribution < 1.29 is 78.4 Å². The monoisotopic (exact) mass is 1330 g/mol. The number of alkyl halides is 9. The summed E-state index contributed by atoms with van der Waals surface area (Å²) in [4.78, 5) is 66.6. The lowest BCUT2D eigenvalue weighted by Crippen LogP contribution is -2.30. The standard InChI is InChI=1S/C26H27F3N4O3.C25H25F3N4O3.C16H16F3N3O2/c1-4-21-22(23(34)30-16(2)18-8-10-19(11-9-18)25(35)36-3)24-32(12-13-33(24)31-21)15-17-6-5-7-20(14-17)26(27,28)29;1-3-20-21(22(33)29-15(2)17-7-9-18(10-8-17)24(34)35)23-31(11-12-32(23)30-20)14-16-5-4-6-19(13-16)25(26,27)28;1-2-12-13(15(23)24)14-21(6-7-22(14)20-12)9-10-4-3-5-11(8-10)16(17,18)19/h5-11,14,16H,4,12-13,15H2,1-3H3,(H,30,34);4-10,13,15H,3,11-12,14H2,1-2H3,(H,29,33)(H,34,35);3-5,8H,2,6-7,9H2,1H3,(H,23,24)/t16-;15-;/m00./s1. The van der Waals surface area contributed by atoms with Crippen LogP contribution in [-0.4, -0.2) is 96.0 Å². The Kier molecular flexibility index (Phi) is 20.8. The highest BCUT2D eigenvalue weighted by molar-refractivity contribution is 6.02. The van der Waals surface area contributed by atoms with Crippen molar-refractivity contribution in [2.24, 2.45) is 0 Å². The lowest BCUT2D eigenvalue weighted by molar-refractivity contribution is -0.138. The van der Waals surface area contributed by atoms with Crippen LogP contribution in [-0.2, 0) is 81.8 Å². The Hall–Kier alpha value is -10.2. The summed E-state index contributed by atoms with van der Waals surface area (Å²) in [6, 6.07) is 27.8. The fourth-order valence-corrected chi connectivity index (χ4v) is 11.6. The van der Waals surface area contributed by atoms with E-state index < -0.39 is 59.2 Å². The van der Waals surface area contributed by atoms with Crippen LogP contribution >= 0.6 is 0 Å². The molecule has 6 heterocycles. The molecule has 502 valence electrons. The Balaban J connectivity index is 0.000000171. The summed E-state index contributed by atoms with van der Waals surface area (Å²) in [5.74, 6) is -1.53. The number of carboxylic acids is 2. The predicted octanol–water partition coefficient (Wildman–Crippen LogP) is 12.6. The van der Waals surface area contributed by atoms with E-state index in [1.165, 1.54) is 37.4 Å². The van der Waals surface area contributed by atoms with Crippen LogP contribution in [0.5, 0.6) is 0 Å². The molecule has 0 aliphatic carbocycles. The molecule has 4 N–H and O–H groups in total. The zero-order chi connectivity index (χ0) is 68.8. The number of amides is 2. The number of fused-ring (bicyclic) bond motifs is 3. The van der Waals surface area contributed by atoms with Crippen LogP contribution in [0.3, 0.4) is 0 Å². The highest BCUT2D eigenvalue weighted by atomic mass is 19.4. The van der Waals surface area contributed by atoms with Gasteiger partial charge in [-0.15, -0.1) is 0 Å². The van der Waals surface area contributed by atoms with Gasteiger partial charge >= 0.3 is 36.4 Å². The van der Waals surface area contributed by atoms with Gasteiger partial charge in [0.25, 0.3) is 11.8 Å². The van der Waals surface area contributed by atoms with Crippen LogP contribution in [0.25, 0.3) is 0 Å². The van der Waals surface area contributed by atoms with Gasteiger partial charge < -0.3 is 40.3 Å². The molecule has 5 aromatic carbocycles. The molecule has 2 atom stereocenters. The van der Waals surface area contributed by atoms with Gasteiger partial charge in [-0.25, -0.2) is 28.4 Å². The van der Waals surface area contributed by atoms with E-state index >= 15 is 0 Å². The Morgan fingerprint density at radius 1 is 0.463 bits per heavy atom. The number of methoxy groups -OCH3 is 1. The van der Waals surface area contributed by atoms with Crippen molar-refractivity contribution in [2.45, 2.75) is 124 Å². The molecular formula is C67H68F9N11O8. The maximum absolute atomic E-state index is 13.4. The van der Waals surface area contributed by atoms with E-state index in [-0.39, 0.29) is 48.6 Å². The molecule has 11 rings (SSSR count). The molecule has 28 heteroatoms. The molecule has 0 spiro atoms. The zero-order valence-corrected chi connectivity index (χ0v) is 52.5. The molecule has 0 radical (unpaired) electrons. The number of carbonyl (C=O) groups is 5. The van der Waals surface area contributed by atoms with Gasteiger partial charge in [0, 0.05) is 39.3 Å². The summed E-state index contributed by atoms with van der Waals surface area (Å²) in [7, 11) is 1.31. The minimum atomic E-state index is -4.43. The van der Waals surface area contributed by atoms with E-state index in [0.717, 1.165) is 47.5 Å². The maximum atomic E-state index is 13.4. The van der Waals surface area contributed by atoms with Gasteiger partial charge in [0.2, 0.25) is 0 Å². The second-order valence-corrected chi connectivity index (χ2v) is 22.8. The molecule has 0 saturated carbocycles. The van der Waals surface area contributed by atoms with Gasteiger partial charge in [0.1, 0.15) is 34.1 Å². The maximum Gasteiger partial charge on any atom is 0.416 e. The smallest absolute Gasteiger partial charge is 0.416 e. The van der Waals surface area contributed by atoms with Crippen molar-refractivity contribution in [3.63, 3.8) is 0 Å². The van der Waals surface area contributed by atoms with Crippen molar-refractivity contribution in [3.05, 3.63) is 211 Å². The molecule has 0 fully saturated rings. The number of carboxylic acid groups (broad SMARTS) is 2. The number of aryl methyl sites for hydroxylation is 3. The minimum Gasteiger partial charge on any atom is -0.478 e. The molecular weight excluding hydrogens is 1260 g/mol. The number of aromatic carboxylic acids is 2. The number of anilines is 3. The largest absolute Gasteiger partial charge is 0.478 e. The predicted molar refractivity (Wildman–Crippen MR) is 332 cm³/mol. The van der Waals surface area contributed by atoms with Crippen LogP contribution in [0, 0.1) is 0 Å². The Bertz CT molecular complexity index is 4120. The number of nitrogens with one attached hydrogen (secondary N) is 2. The molecule has 3 aliphatic heterocycles. The first-order chi connectivity index (χ1) is 45.0. The van der Waals surface area contributed by atoms with E-state index in [9.17, 15) is 68.6 Å². The van der Waals surface area contributed by atoms with Gasteiger partial charge in [-0.05, 0) is 122 Å². The molecule has 0 bridgehead atoms. The van der Waals surface area contributed by atoms with Gasteiger partial charge in [0.05, 0.1) is 83.7 Å². The van der Waals surface area contributed by atoms with Crippen molar-refractivity contribution in [2.75, 3.05) is 41.4 Å². The number of hydrogen-bond acceptors (Lipinski definition) is 12. The number of esters is 1. The van der Waals surface area contributed by atoms with Crippen LogP contribution in [0.15, 0.2) is 121 Å². The number of halogens is 9. The molecule has 8 aromatic rings. The van der Waals surface area contributed by atoms with Crippen molar-refractivity contribution in [1.29, 1.82) is 0 Å². The molecule has 19 nitrogen and oxygen atoms in total. The topological polar surface area (TPSA) is 222 Å². The summed E-state index contributed by atoms with van der Waals surface area (Å²) >= 11 is 0. The summed E-state index contributed by atoms with van der Waals surface area (Å²) in [6.07, 6.45) is -11.7. The fraction of sp³-hybridized carbons (Fsp3) is 0.343. The summed E-state index contributed by atoms with van der Waals surface area (Å²) in [5.41, 5.74) is 4.17. The van der Waals surface area contributed by atoms with E-state index in [1.807, 2.05) is 37.5 Å². The highest BCUT2D eigenvalue weighted by Gasteiger charge is 2.37. The first-order valence-corrected chi connectivity index (χ1v) is 30.4. The molecule has 3 aromatic heterocycles. The van der Waals surface area contributed by atoms with Crippen LogP contribution in [0.4, 0.5) is 57.0 Å². The summed E-state index contributed by atoms with van der Waals surface area (Å²) < 4.78 is 127. The number of hydrogen-bond donors (Lipinski definition) is 4. The van der Waals surface area contributed by atoms with Gasteiger partial charge in [-0.1, -0.05) is 81.4 Å². The number of ether oxygens (including phenoxy) is 1. The highest BCUT2D eigenvalue weighted by Crippen LogP contribution is 2.38. The second-order valence-electron chi connectivity index (χ2n) is 22.8. The number of rotatable bonds is 18. The molecule has 0 unspecified atom stereocenters. The Labute approximate surface area is 539 Å². The SMILES string of the molecule is CCc1nn2c(c1C(=O)N[C@@H](C)c1ccc(C(=O)O)cc1)N(Cc1cccc(C(F)(F)F)c1)CC2.CCc1nn2c(c1C(=O)N[C@@H](C)c1ccc(C(=O)OC)cc1)N(Cc1cccc(C(F)(F)F)c1)CC2.CCc1nn2c(c1C(=O)O)N(Cc1cccc(C(F)(F)F)c1)CC2. The van der Waals surface area contributed by atoms with E-state index in [2.05, 4.69) is 25.9 Å². The average molecular weight is 1330 g/mol. The van der Waals surface area contributed by atoms with Gasteiger partial charge in [0.15, 0.2) is 0 Å². The minimum absolute atomic E-state index is 0.141. The third kappa shape index (κ3) is 15.8. The normalized spacial score (nSPS) is 14.0. The van der Waals surface area contributed by atoms with Gasteiger partial charge in [-0.2, -0.15) is 54.8 Å². The lowest BCUT2D eigenvalue weighted by atomic mass is 10.0. The first-order valence-electron chi connectivity index (χ1n) is 30.4. The molecule has 2 amide bonds. The van der Waals surface area contributed by atoms with Crippen LogP contribution < -0.4 is 25.3 Å². The first kappa shape index (κ1) is 69.2. The number of nitrogens with zero attached hydrogens (tertiary/aromatic N) is 9. The zero-order valence-electron chi connectivity index (χ0n) is 52.5. The fourth-order valence-electron chi connectivity index (χ4n) is 11.6. The summed E-state index contributed by atoms with van der Waals surface area (Å²) in [6.45, 7) is 13.1. The number of benzene rings is 5. The van der Waals surface area contributed by atoms with E-state index in [0.29, 0.717) is 126 Å². The van der Waals surface area contributed by atoms with Crippen LogP contribution in [0.2, 0.25) is 0 Å². The summed E-state index contributed by atoms with van der Waals surface area (Å²) in [5, 5.41) is 37.9. The molecule has 95 heavy (non-hydrogen) atoms. The third-order valence-corrected chi connectivity index (χ3v) is 16.4. The van der Waals surface area contributed by atoms with E-state index in [4.69, 9.17) is 9.84 Å². The van der Waals surface area contributed by atoms with Crippen molar-refractivity contribution >= 4 is 47.2 Å². The Morgan fingerprint density at radius 2 is 0.779 bits per heavy atom. The van der Waals surface area contributed by atoms with E-state index in [1.54, 1.807) is 80.5 Å². The van der Waals surface area contributed by atoms with Crippen LogP contribution in [0.1, 0.15) is 160 Å². The average Bonchev–Trinajstić information content (AvgIpc) is 1.63. The molecule has 3 aliphatic rings. The van der Waals surface area contributed by atoms with Gasteiger partial charge in [-0.3, -0.25) is 9.59 Å². The Morgan fingerprint density at radius 3 is 1.07 bits per heavy atom. The second kappa shape index (κ2) is 28.6. The quantitative estimate of drug-likeness (QED) is 0.0464. The third-order valence-electron chi connectivity index (χ3n) is 16.4.